The molecule has 1 atom stereocenters. The average Bonchev–Trinajstić information content (AvgIpc) is 3.29. The summed E-state index contributed by atoms with van der Waals surface area (Å²) in [4.78, 5) is 8.48. The predicted octanol–water partition coefficient (Wildman–Crippen LogP) is 4.94. The first-order valence-electron chi connectivity index (χ1n) is 11.0. The van der Waals surface area contributed by atoms with Crippen LogP contribution in [0.3, 0.4) is 0 Å². The molecule has 0 saturated carbocycles. The lowest BCUT2D eigenvalue weighted by Gasteiger charge is -2.30. The highest BCUT2D eigenvalue weighted by Crippen LogP contribution is 2.24. The smallest absolute Gasteiger partial charge is 0.191 e. The van der Waals surface area contributed by atoms with Gasteiger partial charge in [-0.25, -0.2) is 4.98 Å². The normalized spacial score (nSPS) is 12.7. The van der Waals surface area contributed by atoms with Crippen molar-refractivity contribution >= 4 is 29.9 Å². The molecule has 1 heterocycles. The maximum Gasteiger partial charge on any atom is 0.191 e. The van der Waals surface area contributed by atoms with E-state index in [0.717, 1.165) is 12.5 Å². The molecule has 6 nitrogen and oxygen atoms in total. The molecule has 0 amide bonds. The Balaban J connectivity index is 0.00000385. The first kappa shape index (κ1) is 26.9. The number of nitrogens with one attached hydrogen (secondary N) is 2. The summed E-state index contributed by atoms with van der Waals surface area (Å²) in [5.74, 6) is 0.766. The maximum atomic E-state index is 5.64. The number of nitrogens with zero attached hydrogens (tertiary/aromatic N) is 3. The number of ether oxygens (including phenoxy) is 1. The number of rotatable bonds is 8. The summed E-state index contributed by atoms with van der Waals surface area (Å²) in [5, 5.41) is 6.83. The summed E-state index contributed by atoms with van der Waals surface area (Å²) in [5.41, 5.74) is 4.94. The van der Waals surface area contributed by atoms with Crippen LogP contribution < -0.4 is 10.6 Å². The Morgan fingerprint density at radius 2 is 1.82 bits per heavy atom. The molecule has 7 heteroatoms. The lowest BCUT2D eigenvalue weighted by molar-refractivity contribution is 0.0205. The fraction of sp³-hybridized carbons (Fsp3) is 0.385. The van der Waals surface area contributed by atoms with Crippen molar-refractivity contribution < 1.29 is 4.74 Å². The van der Waals surface area contributed by atoms with Gasteiger partial charge in [0.1, 0.15) is 0 Å². The van der Waals surface area contributed by atoms with Crippen LogP contribution in [0.5, 0.6) is 0 Å². The minimum atomic E-state index is 0. The predicted molar refractivity (Wildman–Crippen MR) is 147 cm³/mol. The van der Waals surface area contributed by atoms with Crippen molar-refractivity contribution in [3.8, 4) is 11.1 Å². The van der Waals surface area contributed by atoms with Crippen LogP contribution in [0, 0.1) is 5.41 Å². The minimum Gasteiger partial charge on any atom is -0.379 e. The molecule has 1 unspecified atom stereocenters. The van der Waals surface area contributed by atoms with Crippen molar-refractivity contribution in [2.75, 3.05) is 20.7 Å². The third-order valence-electron chi connectivity index (χ3n) is 5.58. The summed E-state index contributed by atoms with van der Waals surface area (Å²) in [6, 6.07) is 17.2. The van der Waals surface area contributed by atoms with E-state index in [0.29, 0.717) is 13.1 Å². The highest BCUT2D eigenvalue weighted by molar-refractivity contribution is 14.0. The number of aliphatic imine (C=N–C) groups is 1. The molecule has 0 bridgehead atoms. The molecule has 3 aromatic rings. The molecule has 0 spiro atoms. The molecular weight excluding hydrogens is 525 g/mol. The molecule has 0 aliphatic carbocycles. The van der Waals surface area contributed by atoms with Gasteiger partial charge in [-0.2, -0.15) is 0 Å². The zero-order chi connectivity index (χ0) is 23.0. The lowest BCUT2D eigenvalue weighted by Crippen LogP contribution is -2.45. The van der Waals surface area contributed by atoms with E-state index in [2.05, 4.69) is 94.5 Å². The Morgan fingerprint density at radius 3 is 2.42 bits per heavy atom. The topological polar surface area (TPSA) is 63.5 Å². The van der Waals surface area contributed by atoms with Crippen LogP contribution in [0.15, 0.2) is 72.2 Å². The average molecular weight is 562 g/mol. The van der Waals surface area contributed by atoms with Crippen LogP contribution >= 0.6 is 24.0 Å². The fourth-order valence-electron chi connectivity index (χ4n) is 3.67. The van der Waals surface area contributed by atoms with Gasteiger partial charge < -0.3 is 19.9 Å². The molecule has 33 heavy (non-hydrogen) atoms. The third-order valence-corrected chi connectivity index (χ3v) is 5.58. The zero-order valence-corrected chi connectivity index (χ0v) is 22.5. The molecule has 0 radical (unpaired) electrons. The Bertz CT molecular complexity index is 994. The second-order valence-electron chi connectivity index (χ2n) is 8.99. The molecule has 0 aliphatic heterocycles. The van der Waals surface area contributed by atoms with E-state index < -0.39 is 0 Å². The third kappa shape index (κ3) is 7.85. The molecule has 2 N–H and O–H groups in total. The van der Waals surface area contributed by atoms with E-state index >= 15 is 0 Å². The van der Waals surface area contributed by atoms with Gasteiger partial charge in [-0.1, -0.05) is 69.3 Å². The van der Waals surface area contributed by atoms with Crippen molar-refractivity contribution in [2.24, 2.45) is 10.4 Å². The lowest BCUT2D eigenvalue weighted by atomic mass is 9.89. The van der Waals surface area contributed by atoms with Gasteiger partial charge in [0.25, 0.3) is 0 Å². The molecule has 0 saturated heterocycles. The van der Waals surface area contributed by atoms with E-state index in [1.807, 2.05) is 12.5 Å². The maximum absolute atomic E-state index is 5.64. The Kier molecular flexibility index (Phi) is 10.4. The largest absolute Gasteiger partial charge is 0.379 e. The van der Waals surface area contributed by atoms with Crippen LogP contribution in [0.2, 0.25) is 0 Å². The van der Waals surface area contributed by atoms with E-state index in [1.54, 1.807) is 20.4 Å². The van der Waals surface area contributed by atoms with E-state index in [9.17, 15) is 0 Å². The van der Waals surface area contributed by atoms with Gasteiger partial charge >= 0.3 is 0 Å². The molecule has 2 aromatic carbocycles. The molecule has 0 aliphatic rings. The number of hydrogen-bond acceptors (Lipinski definition) is 3. The van der Waals surface area contributed by atoms with Crippen molar-refractivity contribution in [1.82, 2.24) is 20.2 Å². The zero-order valence-electron chi connectivity index (χ0n) is 20.2. The van der Waals surface area contributed by atoms with Crippen LogP contribution in [0.25, 0.3) is 11.1 Å². The number of hydrogen-bond donors (Lipinski definition) is 2. The molecule has 0 fully saturated rings. The van der Waals surface area contributed by atoms with Crippen molar-refractivity contribution in [3.63, 3.8) is 0 Å². The Labute approximate surface area is 214 Å². The van der Waals surface area contributed by atoms with Gasteiger partial charge in [-0.3, -0.25) is 4.99 Å². The van der Waals surface area contributed by atoms with E-state index in [-0.39, 0.29) is 35.5 Å². The highest BCUT2D eigenvalue weighted by atomic mass is 127. The first-order valence-corrected chi connectivity index (χ1v) is 11.0. The second kappa shape index (κ2) is 12.7. The first-order chi connectivity index (χ1) is 15.4. The van der Waals surface area contributed by atoms with Crippen LogP contribution in [0.1, 0.15) is 31.9 Å². The van der Waals surface area contributed by atoms with Gasteiger partial charge in [0.15, 0.2) is 5.96 Å². The summed E-state index contributed by atoms with van der Waals surface area (Å²) in [7, 11) is 3.55. The van der Waals surface area contributed by atoms with Crippen LogP contribution in [-0.2, 0) is 17.8 Å². The van der Waals surface area contributed by atoms with E-state index in [4.69, 9.17) is 4.74 Å². The molecule has 1 aromatic heterocycles. The quantitative estimate of drug-likeness (QED) is 0.232. The standard InChI is InChI=1S/C26H35N5O.HI/c1-26(2,3)24(32-5)17-30-25(27-4)29-16-22-8-6-7-9-23(22)21-12-10-20(11-13-21)18-31-15-14-28-19-31;/h6-15,19,24H,16-18H2,1-5H3,(H2,27,29,30);1H. The number of imidazole rings is 1. The Morgan fingerprint density at radius 1 is 1.09 bits per heavy atom. The summed E-state index contributed by atoms with van der Waals surface area (Å²) < 4.78 is 7.71. The highest BCUT2D eigenvalue weighted by Gasteiger charge is 2.24. The van der Waals surface area contributed by atoms with Gasteiger partial charge in [0, 0.05) is 46.2 Å². The minimum absolute atomic E-state index is 0. The number of benzene rings is 2. The van der Waals surface area contributed by atoms with Crippen molar-refractivity contribution in [3.05, 3.63) is 78.4 Å². The summed E-state index contributed by atoms with van der Waals surface area (Å²) in [6.45, 7) is 8.73. The van der Waals surface area contributed by atoms with Crippen molar-refractivity contribution in [2.45, 2.75) is 40.0 Å². The van der Waals surface area contributed by atoms with Crippen molar-refractivity contribution in [1.29, 1.82) is 0 Å². The number of aromatic nitrogens is 2. The molecule has 178 valence electrons. The molecular formula is C26H36IN5O. The number of guanidine groups is 1. The SMILES string of the molecule is CN=C(NCc1ccccc1-c1ccc(Cn2ccnc2)cc1)NCC(OC)C(C)(C)C.I. The van der Waals surface area contributed by atoms with Gasteiger partial charge in [-0.05, 0) is 27.7 Å². The van der Waals surface area contributed by atoms with Crippen LogP contribution in [-0.4, -0.2) is 42.3 Å². The number of methoxy groups -OCH3 is 1. The van der Waals surface area contributed by atoms with Crippen LogP contribution in [0.4, 0.5) is 0 Å². The second-order valence-corrected chi connectivity index (χ2v) is 8.99. The molecule has 3 rings (SSSR count). The summed E-state index contributed by atoms with van der Waals surface area (Å²) in [6.07, 6.45) is 5.71. The number of halogens is 1. The van der Waals surface area contributed by atoms with E-state index in [1.165, 1.54) is 22.3 Å². The monoisotopic (exact) mass is 561 g/mol. The summed E-state index contributed by atoms with van der Waals surface area (Å²) >= 11 is 0. The van der Waals surface area contributed by atoms with Gasteiger partial charge in [0.2, 0.25) is 0 Å². The van der Waals surface area contributed by atoms with Gasteiger partial charge in [0.05, 0.1) is 12.4 Å². The Hall–Kier alpha value is -2.39. The van der Waals surface area contributed by atoms with Gasteiger partial charge in [-0.15, -0.1) is 24.0 Å². The fourth-order valence-corrected chi connectivity index (χ4v) is 3.67.